The molecule has 0 unspecified atom stereocenters. The van der Waals surface area contributed by atoms with E-state index in [0.29, 0.717) is 24.0 Å². The van der Waals surface area contributed by atoms with Crippen LogP contribution in [-0.2, 0) is 11.3 Å². The van der Waals surface area contributed by atoms with Crippen molar-refractivity contribution < 1.29 is 14.6 Å². The second kappa shape index (κ2) is 8.12. The highest BCUT2D eigenvalue weighted by atomic mass is 35.5. The number of hydrogen-bond donors (Lipinski definition) is 1. The van der Waals surface area contributed by atoms with Crippen LogP contribution in [0.4, 0.5) is 0 Å². The fourth-order valence-electron chi connectivity index (χ4n) is 2.04. The number of aliphatic carboxylic acids is 1. The van der Waals surface area contributed by atoms with Crippen molar-refractivity contribution in [3.63, 3.8) is 0 Å². The summed E-state index contributed by atoms with van der Waals surface area (Å²) < 4.78 is 5.34. The van der Waals surface area contributed by atoms with Gasteiger partial charge in [-0.25, -0.2) is 0 Å². The Labute approximate surface area is 125 Å². The second-order valence-electron chi connectivity index (χ2n) is 5.02. The van der Waals surface area contributed by atoms with Crippen LogP contribution in [0.15, 0.2) is 18.2 Å². The molecule has 0 bridgehead atoms. The Balaban J connectivity index is 2.74. The minimum absolute atomic E-state index is 0.190. The molecule has 1 N–H and O–H groups in total. The maximum Gasteiger partial charge on any atom is 0.303 e. The lowest BCUT2D eigenvalue weighted by atomic mass is 10.1. The molecule has 20 heavy (non-hydrogen) atoms. The SMILES string of the molecule is COc1ccc(Cl)cc1CN(CCCC(=O)O)C(C)C. The van der Waals surface area contributed by atoms with E-state index in [0.717, 1.165) is 17.9 Å². The third-order valence-corrected chi connectivity index (χ3v) is 3.42. The summed E-state index contributed by atoms with van der Waals surface area (Å²) in [6.07, 6.45) is 0.826. The number of nitrogens with zero attached hydrogens (tertiary/aromatic N) is 1. The van der Waals surface area contributed by atoms with E-state index < -0.39 is 5.97 Å². The molecule has 0 saturated carbocycles. The van der Waals surface area contributed by atoms with Gasteiger partial charge in [-0.1, -0.05) is 11.6 Å². The van der Waals surface area contributed by atoms with Crippen molar-refractivity contribution in [3.8, 4) is 5.75 Å². The van der Waals surface area contributed by atoms with Crippen LogP contribution in [0.5, 0.6) is 5.75 Å². The van der Waals surface area contributed by atoms with Crippen LogP contribution in [0, 0.1) is 0 Å². The van der Waals surface area contributed by atoms with E-state index >= 15 is 0 Å². The van der Waals surface area contributed by atoms with Gasteiger partial charge in [0.05, 0.1) is 7.11 Å². The molecule has 112 valence electrons. The Morgan fingerprint density at radius 3 is 2.70 bits per heavy atom. The number of carbonyl (C=O) groups is 1. The van der Waals surface area contributed by atoms with Gasteiger partial charge in [-0.15, -0.1) is 0 Å². The van der Waals surface area contributed by atoms with E-state index in [1.807, 2.05) is 12.1 Å². The first-order valence-corrected chi connectivity index (χ1v) is 7.10. The monoisotopic (exact) mass is 299 g/mol. The van der Waals surface area contributed by atoms with Crippen molar-refractivity contribution in [1.29, 1.82) is 0 Å². The van der Waals surface area contributed by atoms with E-state index in [4.69, 9.17) is 21.4 Å². The number of rotatable bonds is 8. The Morgan fingerprint density at radius 2 is 2.15 bits per heavy atom. The van der Waals surface area contributed by atoms with Gasteiger partial charge in [-0.05, 0) is 45.0 Å². The van der Waals surface area contributed by atoms with Crippen LogP contribution in [0.25, 0.3) is 0 Å². The molecule has 5 heteroatoms. The first-order chi connectivity index (χ1) is 9.43. The topological polar surface area (TPSA) is 49.8 Å². The largest absolute Gasteiger partial charge is 0.496 e. The molecule has 0 radical (unpaired) electrons. The Hall–Kier alpha value is -1.26. The van der Waals surface area contributed by atoms with Gasteiger partial charge in [0.1, 0.15) is 5.75 Å². The number of methoxy groups -OCH3 is 1. The van der Waals surface area contributed by atoms with Crippen LogP contribution in [0.2, 0.25) is 5.02 Å². The third-order valence-electron chi connectivity index (χ3n) is 3.18. The molecule has 1 aromatic carbocycles. The highest BCUT2D eigenvalue weighted by Crippen LogP contribution is 2.24. The van der Waals surface area contributed by atoms with Gasteiger partial charge in [0.25, 0.3) is 0 Å². The average Bonchev–Trinajstić information content (AvgIpc) is 2.37. The summed E-state index contributed by atoms with van der Waals surface area (Å²) in [6, 6.07) is 5.88. The fourth-order valence-corrected chi connectivity index (χ4v) is 2.24. The van der Waals surface area contributed by atoms with E-state index in [1.54, 1.807) is 13.2 Å². The lowest BCUT2D eigenvalue weighted by molar-refractivity contribution is -0.137. The average molecular weight is 300 g/mol. The van der Waals surface area contributed by atoms with E-state index in [9.17, 15) is 4.79 Å². The molecule has 0 aliphatic rings. The molecular formula is C15H22ClNO3. The van der Waals surface area contributed by atoms with Crippen LogP contribution in [-0.4, -0.2) is 35.7 Å². The first kappa shape index (κ1) is 16.8. The smallest absolute Gasteiger partial charge is 0.303 e. The van der Waals surface area contributed by atoms with Gasteiger partial charge >= 0.3 is 5.97 Å². The molecular weight excluding hydrogens is 278 g/mol. The van der Waals surface area contributed by atoms with Crippen molar-refractivity contribution in [2.24, 2.45) is 0 Å². The van der Waals surface area contributed by atoms with Crippen LogP contribution in [0.1, 0.15) is 32.3 Å². The van der Waals surface area contributed by atoms with Crippen molar-refractivity contribution >= 4 is 17.6 Å². The number of hydrogen-bond acceptors (Lipinski definition) is 3. The molecule has 0 heterocycles. The van der Waals surface area contributed by atoms with Crippen LogP contribution in [0.3, 0.4) is 0 Å². The predicted octanol–water partition coefficient (Wildman–Crippen LogP) is 3.42. The number of carboxylic acid groups (broad SMARTS) is 1. The normalized spacial score (nSPS) is 11.1. The molecule has 0 fully saturated rings. The molecule has 0 spiro atoms. The molecule has 4 nitrogen and oxygen atoms in total. The summed E-state index contributed by atoms with van der Waals surface area (Å²) in [7, 11) is 1.64. The van der Waals surface area contributed by atoms with E-state index in [-0.39, 0.29) is 6.42 Å². The summed E-state index contributed by atoms with van der Waals surface area (Å²) >= 11 is 6.03. The van der Waals surface area contributed by atoms with Gasteiger partial charge in [-0.3, -0.25) is 9.69 Å². The van der Waals surface area contributed by atoms with E-state index in [2.05, 4.69) is 18.7 Å². The zero-order valence-electron chi connectivity index (χ0n) is 12.2. The summed E-state index contributed by atoms with van der Waals surface area (Å²) in [4.78, 5) is 12.8. The molecule has 1 rings (SSSR count). The molecule has 0 aliphatic heterocycles. The van der Waals surface area contributed by atoms with Crippen LogP contribution < -0.4 is 4.74 Å². The summed E-state index contributed by atoms with van der Waals surface area (Å²) in [5.41, 5.74) is 1.02. The molecule has 1 aromatic rings. The zero-order chi connectivity index (χ0) is 15.1. The lowest BCUT2D eigenvalue weighted by Crippen LogP contribution is -2.31. The lowest BCUT2D eigenvalue weighted by Gasteiger charge is -2.27. The van der Waals surface area contributed by atoms with Crippen LogP contribution >= 0.6 is 11.6 Å². The van der Waals surface area contributed by atoms with Crippen molar-refractivity contribution in [3.05, 3.63) is 28.8 Å². The molecule has 0 aliphatic carbocycles. The Bertz CT molecular complexity index is 449. The number of benzene rings is 1. The number of carboxylic acids is 1. The molecule has 0 atom stereocenters. The molecule has 0 saturated heterocycles. The molecule has 0 aromatic heterocycles. The van der Waals surface area contributed by atoms with Gasteiger partial charge in [0.2, 0.25) is 0 Å². The van der Waals surface area contributed by atoms with Gasteiger partial charge < -0.3 is 9.84 Å². The Kier molecular flexibility index (Phi) is 6.82. The second-order valence-corrected chi connectivity index (χ2v) is 5.45. The maximum atomic E-state index is 10.6. The fraction of sp³-hybridized carbons (Fsp3) is 0.533. The summed E-state index contributed by atoms with van der Waals surface area (Å²) in [5, 5.41) is 9.39. The highest BCUT2D eigenvalue weighted by Gasteiger charge is 2.14. The van der Waals surface area contributed by atoms with Gasteiger partial charge in [0.15, 0.2) is 0 Å². The van der Waals surface area contributed by atoms with Gasteiger partial charge in [0, 0.05) is 29.6 Å². The first-order valence-electron chi connectivity index (χ1n) is 6.72. The third kappa shape index (κ3) is 5.39. The number of halogens is 1. The Morgan fingerprint density at radius 1 is 1.45 bits per heavy atom. The zero-order valence-corrected chi connectivity index (χ0v) is 13.0. The molecule has 0 amide bonds. The minimum atomic E-state index is -0.756. The summed E-state index contributed by atoms with van der Waals surface area (Å²) in [5.74, 6) is 0.0485. The highest BCUT2D eigenvalue weighted by molar-refractivity contribution is 6.30. The van der Waals surface area contributed by atoms with Gasteiger partial charge in [-0.2, -0.15) is 0 Å². The van der Waals surface area contributed by atoms with Crippen molar-refractivity contribution in [2.75, 3.05) is 13.7 Å². The summed E-state index contributed by atoms with van der Waals surface area (Å²) in [6.45, 7) is 5.62. The maximum absolute atomic E-state index is 10.6. The van der Waals surface area contributed by atoms with E-state index in [1.165, 1.54) is 0 Å². The predicted molar refractivity (Wildman–Crippen MR) is 80.4 cm³/mol. The standard InChI is InChI=1S/C15H22ClNO3/c1-11(2)17(8-4-5-15(18)19)10-12-9-13(16)6-7-14(12)20-3/h6-7,9,11H,4-5,8,10H2,1-3H3,(H,18,19). The van der Waals surface area contributed by atoms with Crippen molar-refractivity contribution in [2.45, 2.75) is 39.3 Å². The minimum Gasteiger partial charge on any atom is -0.496 e. The number of ether oxygens (including phenoxy) is 1. The quantitative estimate of drug-likeness (QED) is 0.799. The van der Waals surface area contributed by atoms with Crippen molar-refractivity contribution in [1.82, 2.24) is 4.90 Å².